The van der Waals surface area contributed by atoms with Gasteiger partial charge >= 0.3 is 0 Å². The first kappa shape index (κ1) is 7.39. The second-order valence-corrected chi connectivity index (χ2v) is 4.26. The molecule has 2 aromatic rings. The zero-order chi connectivity index (χ0) is 8.67. The van der Waals surface area contributed by atoms with Crippen LogP contribution >= 0.6 is 11.8 Å². The highest BCUT2D eigenvalue weighted by atomic mass is 32.2. The maximum Gasteiger partial charge on any atom is 0.0708 e. The fourth-order valence-corrected chi connectivity index (χ4v) is 2.89. The molecule has 1 nitrogen and oxygen atoms in total. The molecule has 0 N–H and O–H groups in total. The third kappa shape index (κ3) is 1.05. The third-order valence-electron chi connectivity index (χ3n) is 2.45. The predicted octanol–water partition coefficient (Wildman–Crippen LogP) is 2.98. The lowest BCUT2D eigenvalue weighted by Gasteiger charge is -2.15. The topological polar surface area (TPSA) is 12.9 Å². The highest BCUT2D eigenvalue weighted by Gasteiger charge is 2.11. The van der Waals surface area contributed by atoms with Gasteiger partial charge in [-0.25, -0.2) is 0 Å². The van der Waals surface area contributed by atoms with Crippen molar-refractivity contribution >= 4 is 22.7 Å². The minimum absolute atomic E-state index is 1.13. The van der Waals surface area contributed by atoms with Crippen LogP contribution in [-0.4, -0.2) is 4.98 Å². The van der Waals surface area contributed by atoms with E-state index in [0.717, 1.165) is 17.0 Å². The van der Waals surface area contributed by atoms with Crippen molar-refractivity contribution in [3.63, 3.8) is 0 Å². The number of rotatable bonds is 0. The number of aromatic nitrogens is 1. The van der Waals surface area contributed by atoms with Gasteiger partial charge in [0.05, 0.1) is 5.52 Å². The van der Waals surface area contributed by atoms with Crippen molar-refractivity contribution in [1.29, 1.82) is 0 Å². The van der Waals surface area contributed by atoms with Gasteiger partial charge in [0, 0.05) is 23.1 Å². The summed E-state index contributed by atoms with van der Waals surface area (Å²) < 4.78 is 0. The summed E-state index contributed by atoms with van der Waals surface area (Å²) in [7, 11) is 0. The minimum atomic E-state index is 1.13. The summed E-state index contributed by atoms with van der Waals surface area (Å²) in [5, 5.41) is 1.39. The number of benzene rings is 1. The highest BCUT2D eigenvalue weighted by molar-refractivity contribution is 7.97. The van der Waals surface area contributed by atoms with Crippen LogP contribution in [0.15, 0.2) is 30.5 Å². The first-order valence-corrected chi connectivity index (χ1v) is 5.54. The summed E-state index contributed by atoms with van der Waals surface area (Å²) in [6, 6.07) is 8.54. The molecule has 0 radical (unpaired) electrons. The van der Waals surface area contributed by atoms with Crippen LogP contribution in [0, 0.1) is 0 Å². The van der Waals surface area contributed by atoms with Gasteiger partial charge in [-0.05, 0) is 23.3 Å². The molecule has 1 aromatic heterocycles. The molecule has 0 atom stereocenters. The molecule has 0 saturated heterocycles. The van der Waals surface area contributed by atoms with Crippen molar-refractivity contribution in [2.45, 2.75) is 11.5 Å². The van der Waals surface area contributed by atoms with E-state index in [2.05, 4.69) is 29.2 Å². The molecule has 2 heterocycles. The fraction of sp³-hybridized carbons (Fsp3) is 0.182. The first-order chi connectivity index (χ1) is 6.45. The van der Waals surface area contributed by atoms with Gasteiger partial charge in [0.1, 0.15) is 0 Å². The maximum atomic E-state index is 4.38. The summed E-state index contributed by atoms with van der Waals surface area (Å²) >= 11 is 1.98. The van der Waals surface area contributed by atoms with Crippen LogP contribution in [0.5, 0.6) is 0 Å². The van der Waals surface area contributed by atoms with Crippen LogP contribution < -0.4 is 0 Å². The smallest absolute Gasteiger partial charge is 0.0708 e. The molecule has 0 unspecified atom stereocenters. The molecule has 0 amide bonds. The van der Waals surface area contributed by atoms with Gasteiger partial charge in [-0.1, -0.05) is 12.1 Å². The van der Waals surface area contributed by atoms with Crippen molar-refractivity contribution in [2.75, 3.05) is 0 Å². The van der Waals surface area contributed by atoms with Gasteiger partial charge < -0.3 is 0 Å². The Morgan fingerprint density at radius 3 is 2.85 bits per heavy atom. The Labute approximate surface area is 81.2 Å². The van der Waals surface area contributed by atoms with E-state index < -0.39 is 0 Å². The largest absolute Gasteiger partial charge is 0.256 e. The second-order valence-electron chi connectivity index (χ2n) is 3.27. The Morgan fingerprint density at radius 1 is 1.08 bits per heavy atom. The number of pyridine rings is 1. The molecule has 1 aromatic carbocycles. The van der Waals surface area contributed by atoms with Gasteiger partial charge in [0.2, 0.25) is 0 Å². The summed E-state index contributed by atoms with van der Waals surface area (Å²) in [6.07, 6.45) is 1.91. The molecule has 2 heteroatoms. The molecule has 1 aliphatic rings. The predicted molar refractivity (Wildman–Crippen MR) is 56.7 cm³/mol. The molecule has 0 aliphatic carbocycles. The lowest BCUT2D eigenvalue weighted by molar-refractivity contribution is 1.29. The molecule has 1 aliphatic heterocycles. The van der Waals surface area contributed by atoms with Gasteiger partial charge in [-0.15, -0.1) is 0 Å². The fourth-order valence-electron chi connectivity index (χ4n) is 1.87. The van der Waals surface area contributed by atoms with Gasteiger partial charge in [-0.3, -0.25) is 4.98 Å². The van der Waals surface area contributed by atoms with Crippen molar-refractivity contribution in [1.82, 2.24) is 4.98 Å². The molecule has 0 bridgehead atoms. The monoisotopic (exact) mass is 187 g/mol. The molecule has 0 spiro atoms. The zero-order valence-electron chi connectivity index (χ0n) is 7.16. The Balaban J connectivity index is 2.49. The van der Waals surface area contributed by atoms with E-state index in [4.69, 9.17) is 0 Å². The number of thioether (sulfide) groups is 1. The highest BCUT2D eigenvalue weighted by Crippen LogP contribution is 2.32. The van der Waals surface area contributed by atoms with E-state index in [1.165, 1.54) is 16.5 Å². The van der Waals surface area contributed by atoms with E-state index in [9.17, 15) is 0 Å². The molecule has 64 valence electrons. The van der Waals surface area contributed by atoms with E-state index in [0.29, 0.717) is 0 Å². The van der Waals surface area contributed by atoms with E-state index >= 15 is 0 Å². The molecular weight excluding hydrogens is 178 g/mol. The van der Waals surface area contributed by atoms with Crippen LogP contribution in [0.1, 0.15) is 11.1 Å². The third-order valence-corrected chi connectivity index (χ3v) is 3.48. The van der Waals surface area contributed by atoms with Gasteiger partial charge in [-0.2, -0.15) is 11.8 Å². The lowest BCUT2D eigenvalue weighted by Crippen LogP contribution is -1.96. The van der Waals surface area contributed by atoms with Crippen LogP contribution in [-0.2, 0) is 11.5 Å². The van der Waals surface area contributed by atoms with E-state index in [1.807, 2.05) is 18.0 Å². The Kier molecular flexibility index (Phi) is 1.56. The summed E-state index contributed by atoms with van der Waals surface area (Å²) in [5.74, 6) is 2.27. The summed E-state index contributed by atoms with van der Waals surface area (Å²) in [6.45, 7) is 0. The van der Waals surface area contributed by atoms with Gasteiger partial charge in [0.25, 0.3) is 0 Å². The SMILES string of the molecule is c1cc2c3c(ccnc3c1)CSC2. The Morgan fingerprint density at radius 2 is 1.92 bits per heavy atom. The first-order valence-electron chi connectivity index (χ1n) is 4.38. The molecule has 13 heavy (non-hydrogen) atoms. The average molecular weight is 187 g/mol. The Hall–Kier alpha value is -1.02. The second kappa shape index (κ2) is 2.74. The van der Waals surface area contributed by atoms with Crippen LogP contribution in [0.3, 0.4) is 0 Å². The summed E-state index contributed by atoms with van der Waals surface area (Å²) in [4.78, 5) is 4.38. The minimum Gasteiger partial charge on any atom is -0.256 e. The van der Waals surface area contributed by atoms with Crippen LogP contribution in [0.2, 0.25) is 0 Å². The Bertz CT molecular complexity index is 426. The normalized spacial score (nSPS) is 14.8. The van der Waals surface area contributed by atoms with E-state index in [1.54, 1.807) is 0 Å². The summed E-state index contributed by atoms with van der Waals surface area (Å²) in [5.41, 5.74) is 4.03. The zero-order valence-corrected chi connectivity index (χ0v) is 7.97. The molecule has 3 rings (SSSR count). The van der Waals surface area contributed by atoms with Crippen molar-refractivity contribution in [2.24, 2.45) is 0 Å². The quantitative estimate of drug-likeness (QED) is 0.629. The number of hydrogen-bond acceptors (Lipinski definition) is 2. The van der Waals surface area contributed by atoms with Gasteiger partial charge in [0.15, 0.2) is 0 Å². The van der Waals surface area contributed by atoms with Crippen LogP contribution in [0.4, 0.5) is 0 Å². The maximum absolute atomic E-state index is 4.38. The number of nitrogens with zero attached hydrogens (tertiary/aromatic N) is 1. The van der Waals surface area contributed by atoms with Crippen molar-refractivity contribution in [3.8, 4) is 0 Å². The average Bonchev–Trinajstić information content (AvgIpc) is 2.19. The standard InChI is InChI=1S/C11H9NS/c1-2-8-6-13-7-9-4-5-12-10(3-1)11(8)9/h1-5H,6-7H2. The van der Waals surface area contributed by atoms with Crippen molar-refractivity contribution in [3.05, 3.63) is 41.6 Å². The lowest BCUT2D eigenvalue weighted by atomic mass is 10.0. The molecular formula is C11H9NS. The number of hydrogen-bond donors (Lipinski definition) is 0. The van der Waals surface area contributed by atoms with Crippen LogP contribution in [0.25, 0.3) is 10.9 Å². The van der Waals surface area contributed by atoms with Crippen molar-refractivity contribution < 1.29 is 0 Å². The molecule has 0 saturated carbocycles. The van der Waals surface area contributed by atoms with E-state index in [-0.39, 0.29) is 0 Å². The molecule has 0 fully saturated rings.